The average molecular weight is 566 g/mol. The molecule has 1 saturated carbocycles. The first-order valence-corrected chi connectivity index (χ1v) is 14.1. The number of hydrogen-bond acceptors (Lipinski definition) is 6. The number of anilines is 1. The largest absolute Gasteiger partial charge is 0.480 e. The number of benzene rings is 1. The van der Waals surface area contributed by atoms with E-state index >= 15 is 0 Å². The number of hydrogen-bond donors (Lipinski definition) is 3. The predicted octanol–water partition coefficient (Wildman–Crippen LogP) is 6.87. The number of allylic oxidation sites excluding steroid dienone is 6. The van der Waals surface area contributed by atoms with E-state index in [9.17, 15) is 18.9 Å². The third kappa shape index (κ3) is 8.45. The minimum absolute atomic E-state index is 0.267. The molecule has 2 aliphatic carbocycles. The average Bonchev–Trinajstić information content (AvgIpc) is 3.13. The Balaban J connectivity index is 0.000000436. The first-order valence-electron chi connectivity index (χ1n) is 14.1. The van der Waals surface area contributed by atoms with Crippen LogP contribution >= 0.6 is 0 Å². The second-order valence-corrected chi connectivity index (χ2v) is 10.4. The standard InChI is InChI=1S/C24H33FN4O3.C7H7NO/c1-15(17-10-7-11-19(25)13-12-17)22(18-8-5-4-6-9-18)29-23(26-3)21(16(2)28-29)24(32)27-14-20(30)31;1-6-2-4-7(8-9)5-3-6/h7,10,12,18-19,26H,4-6,8-9,11,13-14H2,1-3H3,(H,27,32)(H,30,31);2-5H,1H3/b22-15+;. The zero-order chi connectivity index (χ0) is 29.9. The molecule has 10 heteroatoms. The van der Waals surface area contributed by atoms with E-state index < -0.39 is 24.6 Å². The van der Waals surface area contributed by atoms with Gasteiger partial charge in [-0.3, -0.25) is 9.59 Å². The molecule has 220 valence electrons. The van der Waals surface area contributed by atoms with Crippen LogP contribution < -0.4 is 10.6 Å². The van der Waals surface area contributed by atoms with Crippen molar-refractivity contribution in [3.8, 4) is 0 Å². The van der Waals surface area contributed by atoms with Crippen LogP contribution in [-0.4, -0.2) is 46.5 Å². The fourth-order valence-corrected chi connectivity index (χ4v) is 5.26. The number of nitrogens with one attached hydrogen (secondary N) is 2. The topological polar surface area (TPSA) is 126 Å². The van der Waals surface area contributed by atoms with Gasteiger partial charge < -0.3 is 15.7 Å². The molecule has 9 nitrogen and oxygen atoms in total. The van der Waals surface area contributed by atoms with Crippen molar-refractivity contribution in [2.75, 3.05) is 18.9 Å². The summed E-state index contributed by atoms with van der Waals surface area (Å²) in [7, 11) is 1.73. The van der Waals surface area contributed by atoms with Gasteiger partial charge in [0.1, 0.15) is 29.8 Å². The lowest BCUT2D eigenvalue weighted by atomic mass is 9.84. The fourth-order valence-electron chi connectivity index (χ4n) is 5.26. The monoisotopic (exact) mass is 565 g/mol. The van der Waals surface area contributed by atoms with Crippen molar-refractivity contribution in [3.63, 3.8) is 0 Å². The molecule has 0 aliphatic heterocycles. The van der Waals surface area contributed by atoms with Gasteiger partial charge in [0.2, 0.25) is 0 Å². The highest BCUT2D eigenvalue weighted by Gasteiger charge is 2.29. The number of aromatic nitrogens is 2. The van der Waals surface area contributed by atoms with Crippen molar-refractivity contribution in [2.24, 2.45) is 11.1 Å². The lowest BCUT2D eigenvalue weighted by Gasteiger charge is -2.28. The number of alkyl halides is 1. The van der Waals surface area contributed by atoms with E-state index in [2.05, 4.69) is 15.8 Å². The van der Waals surface area contributed by atoms with Crippen LogP contribution in [0.25, 0.3) is 5.70 Å². The van der Waals surface area contributed by atoms with Gasteiger partial charge in [-0.05, 0) is 74.9 Å². The fraction of sp³-hybridized carbons (Fsp3) is 0.452. The summed E-state index contributed by atoms with van der Waals surface area (Å²) in [5.74, 6) is -0.781. The quantitative estimate of drug-likeness (QED) is 0.300. The molecule has 3 N–H and O–H groups in total. The first-order chi connectivity index (χ1) is 19.7. The van der Waals surface area contributed by atoms with Crippen molar-refractivity contribution >= 4 is 29.1 Å². The molecule has 1 aromatic carbocycles. The molecule has 1 atom stereocenters. The molecule has 0 bridgehead atoms. The van der Waals surface area contributed by atoms with Gasteiger partial charge in [-0.15, -0.1) is 4.91 Å². The van der Waals surface area contributed by atoms with Crippen LogP contribution in [0.2, 0.25) is 0 Å². The number of carbonyl (C=O) groups excluding carboxylic acids is 1. The Hall–Kier alpha value is -4.08. The van der Waals surface area contributed by atoms with Gasteiger partial charge in [-0.1, -0.05) is 55.2 Å². The Labute approximate surface area is 240 Å². The highest BCUT2D eigenvalue weighted by Crippen LogP contribution is 2.39. The van der Waals surface area contributed by atoms with Crippen LogP contribution in [0.5, 0.6) is 0 Å². The first kappa shape index (κ1) is 31.4. The maximum Gasteiger partial charge on any atom is 0.322 e. The van der Waals surface area contributed by atoms with Gasteiger partial charge in [0.05, 0.1) is 11.4 Å². The molecule has 4 rings (SSSR count). The Bertz CT molecular complexity index is 1320. The summed E-state index contributed by atoms with van der Waals surface area (Å²) in [6.07, 6.45) is 11.2. The maximum atomic E-state index is 13.9. The lowest BCUT2D eigenvalue weighted by Crippen LogP contribution is -2.30. The summed E-state index contributed by atoms with van der Waals surface area (Å²) in [5.41, 5.74) is 5.51. The number of carboxylic acids is 1. The van der Waals surface area contributed by atoms with E-state index in [1.54, 1.807) is 26.1 Å². The van der Waals surface area contributed by atoms with Crippen molar-refractivity contribution in [1.82, 2.24) is 15.1 Å². The molecular formula is C31H40FN5O4. The summed E-state index contributed by atoms with van der Waals surface area (Å²) in [5, 5.41) is 22.0. The number of nitrogens with zero attached hydrogens (tertiary/aromatic N) is 3. The summed E-state index contributed by atoms with van der Waals surface area (Å²) >= 11 is 0. The lowest BCUT2D eigenvalue weighted by molar-refractivity contribution is -0.135. The van der Waals surface area contributed by atoms with E-state index in [1.807, 2.05) is 48.9 Å². The van der Waals surface area contributed by atoms with Crippen LogP contribution in [0.4, 0.5) is 15.9 Å². The van der Waals surface area contributed by atoms with Crippen molar-refractivity contribution in [1.29, 1.82) is 0 Å². The molecule has 2 aromatic rings. The van der Waals surface area contributed by atoms with Gasteiger partial charge in [-0.25, -0.2) is 9.07 Å². The highest BCUT2D eigenvalue weighted by molar-refractivity contribution is 6.01. The second-order valence-electron chi connectivity index (χ2n) is 10.4. The molecule has 1 unspecified atom stereocenters. The molecule has 0 saturated heterocycles. The van der Waals surface area contributed by atoms with E-state index in [4.69, 9.17) is 10.2 Å². The minimum Gasteiger partial charge on any atom is -0.480 e. The number of amides is 1. The molecule has 2 aliphatic rings. The summed E-state index contributed by atoms with van der Waals surface area (Å²) in [6, 6.07) is 7.11. The second kappa shape index (κ2) is 15.1. The Morgan fingerprint density at radius 2 is 1.80 bits per heavy atom. The summed E-state index contributed by atoms with van der Waals surface area (Å²) in [6.45, 7) is 5.30. The summed E-state index contributed by atoms with van der Waals surface area (Å²) < 4.78 is 15.7. The minimum atomic E-state index is -1.11. The normalized spacial score (nSPS) is 17.8. The third-order valence-corrected chi connectivity index (χ3v) is 7.38. The number of nitroso groups, excluding NO2 is 1. The smallest absolute Gasteiger partial charge is 0.322 e. The Morgan fingerprint density at radius 3 is 2.41 bits per heavy atom. The van der Waals surface area contributed by atoms with Crippen LogP contribution in [-0.2, 0) is 4.79 Å². The van der Waals surface area contributed by atoms with Crippen molar-refractivity contribution in [2.45, 2.75) is 71.9 Å². The Kier molecular flexibility index (Phi) is 11.6. The van der Waals surface area contributed by atoms with Gasteiger partial charge >= 0.3 is 5.97 Å². The molecular weight excluding hydrogens is 525 g/mol. The highest BCUT2D eigenvalue weighted by atomic mass is 19.1. The molecule has 0 spiro atoms. The molecule has 1 aromatic heterocycles. The molecule has 1 fully saturated rings. The van der Waals surface area contributed by atoms with Gasteiger partial charge in [0.15, 0.2) is 0 Å². The number of aliphatic carboxylic acids is 1. The Morgan fingerprint density at radius 1 is 1.12 bits per heavy atom. The zero-order valence-electron chi connectivity index (χ0n) is 24.2. The summed E-state index contributed by atoms with van der Waals surface area (Å²) in [4.78, 5) is 33.5. The maximum absolute atomic E-state index is 13.9. The van der Waals surface area contributed by atoms with Crippen LogP contribution in [0.1, 0.15) is 73.5 Å². The number of carbonyl (C=O) groups is 2. The molecule has 0 radical (unpaired) electrons. The number of rotatable bonds is 8. The number of carboxylic acid groups (broad SMARTS) is 1. The number of aryl methyl sites for hydroxylation is 2. The number of halogens is 1. The molecule has 1 amide bonds. The van der Waals surface area contributed by atoms with Crippen LogP contribution in [0.15, 0.2) is 58.8 Å². The van der Waals surface area contributed by atoms with Crippen LogP contribution in [0, 0.1) is 24.7 Å². The van der Waals surface area contributed by atoms with Gasteiger partial charge in [0.25, 0.3) is 5.91 Å². The van der Waals surface area contributed by atoms with E-state index in [0.717, 1.165) is 48.1 Å². The molecule has 1 heterocycles. The van der Waals surface area contributed by atoms with Crippen molar-refractivity contribution < 1.29 is 19.1 Å². The zero-order valence-corrected chi connectivity index (χ0v) is 24.2. The predicted molar refractivity (Wildman–Crippen MR) is 160 cm³/mol. The van der Waals surface area contributed by atoms with Crippen LogP contribution in [0.3, 0.4) is 0 Å². The van der Waals surface area contributed by atoms with E-state index in [1.165, 1.54) is 6.42 Å². The molecule has 41 heavy (non-hydrogen) atoms. The van der Waals surface area contributed by atoms with E-state index in [0.29, 0.717) is 35.6 Å². The van der Waals surface area contributed by atoms with E-state index in [-0.39, 0.29) is 5.92 Å². The third-order valence-electron chi connectivity index (χ3n) is 7.38. The van der Waals surface area contributed by atoms with Crippen molar-refractivity contribution in [3.05, 3.63) is 75.4 Å². The van der Waals surface area contributed by atoms with Gasteiger partial charge in [0, 0.05) is 13.0 Å². The van der Waals surface area contributed by atoms with Gasteiger partial charge in [-0.2, -0.15) is 5.10 Å². The SMILES string of the molecule is CNc1c(C(=O)NCC(=O)O)c(C)nn1/C(=C(\C)C1=CCC(F)CC=C1)C1CCCCC1.Cc1ccc(N=O)cc1.